The van der Waals surface area contributed by atoms with Gasteiger partial charge in [-0.15, -0.1) is 0 Å². The van der Waals surface area contributed by atoms with Gasteiger partial charge in [0, 0.05) is 11.1 Å². The van der Waals surface area contributed by atoms with Crippen LogP contribution in [0, 0.1) is 0 Å². The van der Waals surface area contributed by atoms with Crippen LogP contribution < -0.4 is 9.47 Å². The number of rotatable bonds is 3. The van der Waals surface area contributed by atoms with Gasteiger partial charge in [0.25, 0.3) is 0 Å². The molecule has 0 bridgehead atoms. The predicted molar refractivity (Wildman–Crippen MR) is 65.5 cm³/mol. The third-order valence-electron chi connectivity index (χ3n) is 2.10. The number of hydrogen-bond donors (Lipinski definition) is 0. The van der Waals surface area contributed by atoms with E-state index < -0.39 is 0 Å². The van der Waals surface area contributed by atoms with Gasteiger partial charge in [0.1, 0.15) is 17.1 Å². The number of ether oxygens (including phenoxy) is 2. The minimum atomic E-state index is -0.221. The summed E-state index contributed by atoms with van der Waals surface area (Å²) in [5, 5.41) is 0.650. The second kappa shape index (κ2) is 4.17. The molecule has 0 N–H and O–H groups in total. The highest BCUT2D eigenvalue weighted by atomic mass is 35.5. The van der Waals surface area contributed by atoms with Crippen molar-refractivity contribution in [1.29, 1.82) is 0 Å². The van der Waals surface area contributed by atoms with Crippen LogP contribution >= 0.6 is 11.6 Å². The summed E-state index contributed by atoms with van der Waals surface area (Å²) in [6, 6.07) is 5.54. The average Bonchev–Trinajstić information content (AvgIpc) is 2.82. The molecule has 0 unspecified atom stereocenters. The number of benzene rings is 1. The number of hydrogen-bond acceptors (Lipinski definition) is 2. The normalized spacial score (nSPS) is 16.0. The maximum atomic E-state index is 6.02. The monoisotopic (exact) mass is 240 g/mol. The highest BCUT2D eigenvalue weighted by Gasteiger charge is 2.24. The first kappa shape index (κ1) is 11.6. The lowest BCUT2D eigenvalue weighted by atomic mass is 10.2. The molecule has 0 saturated heterocycles. The highest BCUT2D eigenvalue weighted by Crippen LogP contribution is 2.32. The Morgan fingerprint density at radius 3 is 2.31 bits per heavy atom. The van der Waals surface area contributed by atoms with Crippen LogP contribution in [-0.2, 0) is 0 Å². The third kappa shape index (κ3) is 3.60. The molecule has 1 fully saturated rings. The molecular weight excluding hydrogens is 224 g/mol. The first-order valence-electron chi connectivity index (χ1n) is 5.59. The van der Waals surface area contributed by atoms with E-state index in [1.54, 1.807) is 0 Å². The van der Waals surface area contributed by atoms with E-state index in [0.29, 0.717) is 11.1 Å². The molecule has 1 aromatic rings. The van der Waals surface area contributed by atoms with E-state index in [2.05, 4.69) is 0 Å². The second-order valence-electron chi connectivity index (χ2n) is 5.15. The summed E-state index contributed by atoms with van der Waals surface area (Å²) >= 11 is 6.02. The van der Waals surface area contributed by atoms with Gasteiger partial charge in [-0.1, -0.05) is 11.6 Å². The Bertz CT molecular complexity index is 378. The van der Waals surface area contributed by atoms with E-state index in [9.17, 15) is 0 Å². The second-order valence-corrected chi connectivity index (χ2v) is 5.59. The lowest BCUT2D eigenvalue weighted by molar-refractivity contribution is 0.130. The van der Waals surface area contributed by atoms with Crippen molar-refractivity contribution in [2.75, 3.05) is 0 Å². The Kier molecular flexibility index (Phi) is 3.02. The van der Waals surface area contributed by atoms with Crippen molar-refractivity contribution >= 4 is 11.6 Å². The van der Waals surface area contributed by atoms with Gasteiger partial charge >= 0.3 is 0 Å². The molecule has 0 heterocycles. The minimum Gasteiger partial charge on any atom is -0.490 e. The molecule has 0 amide bonds. The third-order valence-corrected chi connectivity index (χ3v) is 2.31. The van der Waals surface area contributed by atoms with Gasteiger partial charge in [-0.25, -0.2) is 0 Å². The average molecular weight is 241 g/mol. The summed E-state index contributed by atoms with van der Waals surface area (Å²) in [6.07, 6.45) is 2.66. The molecule has 0 aliphatic heterocycles. The Labute approximate surface area is 102 Å². The van der Waals surface area contributed by atoms with Crippen LogP contribution in [0.2, 0.25) is 5.02 Å². The lowest BCUT2D eigenvalue weighted by Crippen LogP contribution is -2.22. The molecule has 16 heavy (non-hydrogen) atoms. The van der Waals surface area contributed by atoms with Gasteiger partial charge in [0.2, 0.25) is 0 Å². The Balaban J connectivity index is 2.14. The molecule has 1 aliphatic carbocycles. The van der Waals surface area contributed by atoms with Crippen molar-refractivity contribution in [3.63, 3.8) is 0 Å². The highest BCUT2D eigenvalue weighted by molar-refractivity contribution is 6.30. The fourth-order valence-corrected chi connectivity index (χ4v) is 1.61. The van der Waals surface area contributed by atoms with Gasteiger partial charge in [0.15, 0.2) is 0 Å². The maximum absolute atomic E-state index is 6.02. The summed E-state index contributed by atoms with van der Waals surface area (Å²) in [5.41, 5.74) is -0.221. The fourth-order valence-electron chi connectivity index (χ4n) is 1.40. The van der Waals surface area contributed by atoms with Crippen LogP contribution in [0.15, 0.2) is 18.2 Å². The van der Waals surface area contributed by atoms with E-state index in [4.69, 9.17) is 21.1 Å². The van der Waals surface area contributed by atoms with Gasteiger partial charge in [-0.3, -0.25) is 0 Å². The van der Waals surface area contributed by atoms with Gasteiger partial charge < -0.3 is 9.47 Å². The summed E-state index contributed by atoms with van der Waals surface area (Å²) in [5.74, 6) is 1.56. The minimum absolute atomic E-state index is 0.221. The molecule has 0 atom stereocenters. The van der Waals surface area contributed by atoms with E-state index in [-0.39, 0.29) is 5.60 Å². The van der Waals surface area contributed by atoms with Crippen molar-refractivity contribution in [3.8, 4) is 11.5 Å². The van der Waals surface area contributed by atoms with Crippen LogP contribution in [0.5, 0.6) is 11.5 Å². The van der Waals surface area contributed by atoms with Gasteiger partial charge in [-0.2, -0.15) is 0 Å². The van der Waals surface area contributed by atoms with E-state index in [1.165, 1.54) is 0 Å². The molecule has 2 rings (SSSR count). The molecule has 3 heteroatoms. The first-order valence-corrected chi connectivity index (χ1v) is 5.96. The molecule has 2 nitrogen and oxygen atoms in total. The van der Waals surface area contributed by atoms with Gasteiger partial charge in [-0.05, 0) is 45.7 Å². The molecule has 0 aromatic heterocycles. The topological polar surface area (TPSA) is 18.5 Å². The zero-order valence-corrected chi connectivity index (χ0v) is 10.7. The zero-order chi connectivity index (χ0) is 11.8. The van der Waals surface area contributed by atoms with Gasteiger partial charge in [0.05, 0.1) is 6.10 Å². The Morgan fingerprint density at radius 1 is 1.12 bits per heavy atom. The van der Waals surface area contributed by atoms with E-state index in [0.717, 1.165) is 24.3 Å². The fraction of sp³-hybridized carbons (Fsp3) is 0.538. The standard InChI is InChI=1S/C13H17ClO2/c1-13(2,3)16-12-7-9(14)6-11(8-12)15-10-4-5-10/h6-8,10H,4-5H2,1-3H3. The molecule has 1 aromatic carbocycles. The largest absolute Gasteiger partial charge is 0.490 e. The molecule has 0 radical (unpaired) electrons. The first-order chi connectivity index (χ1) is 7.42. The summed E-state index contributed by atoms with van der Waals surface area (Å²) in [6.45, 7) is 6.03. The maximum Gasteiger partial charge on any atom is 0.125 e. The molecule has 88 valence electrons. The van der Waals surface area contributed by atoms with Crippen molar-refractivity contribution < 1.29 is 9.47 Å². The molecule has 1 aliphatic rings. The van der Waals surface area contributed by atoms with Crippen LogP contribution in [0.4, 0.5) is 0 Å². The van der Waals surface area contributed by atoms with E-state index in [1.807, 2.05) is 39.0 Å². The smallest absolute Gasteiger partial charge is 0.125 e. The zero-order valence-electron chi connectivity index (χ0n) is 9.92. The Morgan fingerprint density at radius 2 is 1.75 bits per heavy atom. The van der Waals surface area contributed by atoms with E-state index >= 15 is 0 Å². The summed E-state index contributed by atoms with van der Waals surface area (Å²) < 4.78 is 11.5. The molecular formula is C13H17ClO2. The number of halogens is 1. The molecule has 1 saturated carbocycles. The van der Waals surface area contributed by atoms with Crippen LogP contribution in [0.3, 0.4) is 0 Å². The van der Waals surface area contributed by atoms with Crippen molar-refractivity contribution in [2.24, 2.45) is 0 Å². The lowest BCUT2D eigenvalue weighted by Gasteiger charge is -2.21. The van der Waals surface area contributed by atoms with Crippen molar-refractivity contribution in [3.05, 3.63) is 23.2 Å². The van der Waals surface area contributed by atoms with Crippen LogP contribution in [0.25, 0.3) is 0 Å². The summed E-state index contributed by atoms with van der Waals surface area (Å²) in [7, 11) is 0. The van der Waals surface area contributed by atoms with Crippen molar-refractivity contribution in [1.82, 2.24) is 0 Å². The predicted octanol–water partition coefficient (Wildman–Crippen LogP) is 4.06. The Hall–Kier alpha value is -0.890. The van der Waals surface area contributed by atoms with Crippen LogP contribution in [0.1, 0.15) is 33.6 Å². The van der Waals surface area contributed by atoms with Crippen LogP contribution in [-0.4, -0.2) is 11.7 Å². The summed E-state index contributed by atoms with van der Waals surface area (Å²) in [4.78, 5) is 0. The quantitative estimate of drug-likeness (QED) is 0.793. The van der Waals surface area contributed by atoms with Crippen molar-refractivity contribution in [2.45, 2.75) is 45.3 Å². The SMILES string of the molecule is CC(C)(C)Oc1cc(Cl)cc(OC2CC2)c1. The molecule has 0 spiro atoms.